The van der Waals surface area contributed by atoms with Gasteiger partial charge in [-0.2, -0.15) is 8.42 Å². The van der Waals surface area contributed by atoms with E-state index >= 15 is 0 Å². The highest BCUT2D eigenvalue weighted by Gasteiger charge is 2.53. The van der Waals surface area contributed by atoms with Crippen LogP contribution in [0, 0.1) is 0 Å². The minimum atomic E-state index is -4.42. The summed E-state index contributed by atoms with van der Waals surface area (Å²) in [6.45, 7) is 1.62. The Morgan fingerprint density at radius 2 is 2.07 bits per heavy atom. The summed E-state index contributed by atoms with van der Waals surface area (Å²) < 4.78 is 31.1. The predicted molar refractivity (Wildman–Crippen MR) is 106 cm³/mol. The Morgan fingerprint density at radius 3 is 2.67 bits per heavy atom. The van der Waals surface area contributed by atoms with E-state index in [1.54, 1.807) is 6.92 Å². The van der Waals surface area contributed by atoms with E-state index < -0.39 is 56.9 Å². The molecule has 3 unspecified atom stereocenters. The Kier molecular flexibility index (Phi) is 5.82. The van der Waals surface area contributed by atoms with Gasteiger partial charge in [0.25, 0.3) is 16.0 Å². The van der Waals surface area contributed by atoms with Gasteiger partial charge < -0.3 is 21.3 Å². The average molecular weight is 457 g/mol. The summed E-state index contributed by atoms with van der Waals surface area (Å²) in [5.41, 5.74) is 6.40. The quantitative estimate of drug-likeness (QED) is 0.276. The fourth-order valence-electron chi connectivity index (χ4n) is 3.28. The summed E-state index contributed by atoms with van der Waals surface area (Å²) in [6, 6.07) is 1.38. The van der Waals surface area contributed by atoms with E-state index in [0.717, 1.165) is 11.0 Å². The number of carbonyl (C=O) groups is 3. The lowest BCUT2D eigenvalue weighted by Gasteiger charge is -2.49. The second kappa shape index (κ2) is 7.91. The summed E-state index contributed by atoms with van der Waals surface area (Å²) in [4.78, 5) is 37.6. The largest absolute Gasteiger partial charge is 0.508 e. The lowest BCUT2D eigenvalue weighted by Crippen LogP contribution is -2.71. The van der Waals surface area contributed by atoms with Gasteiger partial charge in [0.15, 0.2) is 0 Å². The molecule has 0 spiro atoms. The zero-order chi connectivity index (χ0) is 22.4. The predicted octanol–water partition coefficient (Wildman–Crippen LogP) is -0.462. The Bertz CT molecular complexity index is 1070. The van der Waals surface area contributed by atoms with Crippen molar-refractivity contribution in [1.82, 2.24) is 10.2 Å². The van der Waals surface area contributed by atoms with Crippen molar-refractivity contribution in [3.05, 3.63) is 40.6 Å². The van der Waals surface area contributed by atoms with Crippen molar-refractivity contribution < 1.29 is 37.6 Å². The maximum Gasteiger partial charge on any atom is 0.352 e. The number of thioether (sulfide) groups is 1. The van der Waals surface area contributed by atoms with Crippen LogP contribution in [0.25, 0.3) is 0 Å². The number of β-lactam (4-membered cyclic amide) rings is 1. The topological polar surface area (TPSA) is 187 Å². The first kappa shape index (κ1) is 22.1. The highest BCUT2D eigenvalue weighted by atomic mass is 32.2. The number of fused-ring (bicyclic) bond motifs is 1. The third-order valence-electron chi connectivity index (χ3n) is 4.74. The molecular weight excluding hydrogens is 438 g/mol. The summed E-state index contributed by atoms with van der Waals surface area (Å²) in [5, 5.41) is 21.0. The zero-order valence-corrected chi connectivity index (χ0v) is 17.2. The van der Waals surface area contributed by atoms with E-state index in [1.807, 2.05) is 0 Å². The molecule has 30 heavy (non-hydrogen) atoms. The third-order valence-corrected chi connectivity index (χ3v) is 6.84. The van der Waals surface area contributed by atoms with Crippen molar-refractivity contribution in [1.29, 1.82) is 0 Å². The summed E-state index contributed by atoms with van der Waals surface area (Å²) in [5.74, 6) is -3.38. The van der Waals surface area contributed by atoms with E-state index in [-0.39, 0.29) is 16.8 Å². The lowest BCUT2D eigenvalue weighted by molar-refractivity contribution is -0.150. The lowest BCUT2D eigenvalue weighted by atomic mass is 10.0. The van der Waals surface area contributed by atoms with E-state index in [0.29, 0.717) is 11.3 Å². The number of phenols is 1. The molecule has 1 aromatic rings. The van der Waals surface area contributed by atoms with E-state index in [1.165, 1.54) is 23.9 Å². The highest BCUT2D eigenvalue weighted by molar-refractivity contribution is 8.00. The number of aromatic hydroxyl groups is 1. The van der Waals surface area contributed by atoms with Crippen LogP contribution in [-0.2, 0) is 30.3 Å². The molecule has 0 bridgehead atoms. The molecule has 2 aliphatic heterocycles. The van der Waals surface area contributed by atoms with Crippen molar-refractivity contribution in [2.75, 3.05) is 5.75 Å². The SMILES string of the molecule is CC1=C(C(=O)O)N2C(=O)C(NC(=O)C(N)c3ccc(O)c(CS(=O)(=O)O)c3)C2SC1. The van der Waals surface area contributed by atoms with Gasteiger partial charge in [-0.25, -0.2) is 4.79 Å². The molecule has 2 amide bonds. The number of nitrogens with two attached hydrogens (primary N) is 1. The van der Waals surface area contributed by atoms with Crippen molar-refractivity contribution >= 4 is 39.7 Å². The summed E-state index contributed by atoms with van der Waals surface area (Å²) >= 11 is 1.32. The number of hydrogen-bond acceptors (Lipinski definition) is 8. The second-order valence-electron chi connectivity index (χ2n) is 6.92. The number of carbonyl (C=O) groups excluding carboxylic acids is 2. The Hall–Kier alpha value is -2.61. The van der Waals surface area contributed by atoms with Gasteiger partial charge in [-0.05, 0) is 30.2 Å². The maximum atomic E-state index is 12.6. The average Bonchev–Trinajstić information content (AvgIpc) is 2.65. The van der Waals surface area contributed by atoms with E-state index in [9.17, 15) is 33.0 Å². The standard InChI is InChI=1S/C17H19N3O8S2/c1-7-5-29-16-12(15(23)20(16)13(7)17(24)25)19-14(22)11(18)8-2-3-10(21)9(4-8)6-30(26,27)28/h2-4,11-12,16,21H,5-6,18H2,1H3,(H,19,22)(H,24,25)(H,26,27,28). The number of amides is 2. The number of hydrogen-bond donors (Lipinski definition) is 5. The van der Waals surface area contributed by atoms with E-state index in [2.05, 4.69) is 5.32 Å². The fraction of sp³-hybridized carbons (Fsp3) is 0.353. The summed E-state index contributed by atoms with van der Waals surface area (Å²) in [7, 11) is -4.42. The van der Waals surface area contributed by atoms with Crippen LogP contribution in [0.1, 0.15) is 24.1 Å². The van der Waals surface area contributed by atoms with Crippen LogP contribution in [0.4, 0.5) is 0 Å². The number of phenolic OH excluding ortho intramolecular Hbond substituents is 1. The van der Waals surface area contributed by atoms with Crippen LogP contribution in [0.15, 0.2) is 29.5 Å². The molecule has 1 fully saturated rings. The number of nitrogens with one attached hydrogen (secondary N) is 1. The number of aliphatic carboxylic acids is 1. The van der Waals surface area contributed by atoms with Crippen molar-refractivity contribution in [3.8, 4) is 5.75 Å². The van der Waals surface area contributed by atoms with Gasteiger partial charge >= 0.3 is 5.97 Å². The number of carboxylic acid groups (broad SMARTS) is 1. The molecule has 0 saturated carbocycles. The van der Waals surface area contributed by atoms with Gasteiger partial charge in [0, 0.05) is 11.3 Å². The van der Waals surface area contributed by atoms with Crippen LogP contribution in [0.2, 0.25) is 0 Å². The number of nitrogens with zero attached hydrogens (tertiary/aromatic N) is 1. The molecule has 3 atom stereocenters. The Balaban J connectivity index is 1.74. The van der Waals surface area contributed by atoms with Gasteiger partial charge in [0.05, 0.1) is 0 Å². The van der Waals surface area contributed by atoms with Crippen LogP contribution in [0.3, 0.4) is 0 Å². The molecule has 2 aliphatic rings. The van der Waals surface area contributed by atoms with Crippen LogP contribution >= 0.6 is 11.8 Å². The molecule has 11 nitrogen and oxygen atoms in total. The van der Waals surface area contributed by atoms with Gasteiger partial charge in [0.1, 0.15) is 34.7 Å². The molecular formula is C17H19N3O8S2. The minimum Gasteiger partial charge on any atom is -0.508 e. The van der Waals surface area contributed by atoms with Crippen molar-refractivity contribution in [2.45, 2.75) is 30.1 Å². The molecule has 3 rings (SSSR count). The molecule has 0 aromatic heterocycles. The molecule has 6 N–H and O–H groups in total. The van der Waals surface area contributed by atoms with Gasteiger partial charge in [0.2, 0.25) is 5.91 Å². The molecule has 162 valence electrons. The van der Waals surface area contributed by atoms with Crippen LogP contribution in [-0.4, -0.2) is 63.0 Å². The first-order valence-electron chi connectivity index (χ1n) is 8.61. The van der Waals surface area contributed by atoms with Gasteiger partial charge in [-0.3, -0.25) is 19.0 Å². The first-order valence-corrected chi connectivity index (χ1v) is 11.3. The molecule has 0 radical (unpaired) electrons. The molecule has 0 aliphatic carbocycles. The Morgan fingerprint density at radius 1 is 1.40 bits per heavy atom. The monoisotopic (exact) mass is 457 g/mol. The normalized spacial score (nSPS) is 22.2. The van der Waals surface area contributed by atoms with Gasteiger partial charge in [-0.15, -0.1) is 11.8 Å². The minimum absolute atomic E-state index is 0.0908. The fourth-order valence-corrected chi connectivity index (χ4v) is 5.20. The highest BCUT2D eigenvalue weighted by Crippen LogP contribution is 2.40. The number of benzene rings is 1. The van der Waals surface area contributed by atoms with Crippen molar-refractivity contribution in [2.24, 2.45) is 5.73 Å². The number of rotatable bonds is 6. The molecule has 2 heterocycles. The van der Waals surface area contributed by atoms with Gasteiger partial charge in [-0.1, -0.05) is 6.07 Å². The second-order valence-corrected chi connectivity index (χ2v) is 9.48. The third kappa shape index (κ3) is 4.14. The zero-order valence-electron chi connectivity index (χ0n) is 15.6. The van der Waals surface area contributed by atoms with Crippen LogP contribution in [0.5, 0.6) is 5.75 Å². The summed E-state index contributed by atoms with van der Waals surface area (Å²) in [6.07, 6.45) is 0. The molecule has 1 aromatic carbocycles. The number of carboxylic acids is 1. The molecule has 13 heteroatoms. The Labute approximate surface area is 175 Å². The first-order chi connectivity index (χ1) is 13.9. The molecule has 1 saturated heterocycles. The van der Waals surface area contributed by atoms with Crippen molar-refractivity contribution in [3.63, 3.8) is 0 Å². The van der Waals surface area contributed by atoms with E-state index in [4.69, 9.17) is 10.3 Å². The smallest absolute Gasteiger partial charge is 0.352 e. The van der Waals surface area contributed by atoms with Crippen LogP contribution < -0.4 is 11.1 Å². The maximum absolute atomic E-state index is 12.6.